The molecule has 1 heterocycles. The van der Waals surface area contributed by atoms with Crippen LogP contribution in [0.25, 0.3) is 0 Å². The molecule has 132 valence electrons. The number of hydrogen-bond donors (Lipinski definition) is 1. The molecule has 0 spiro atoms. The summed E-state index contributed by atoms with van der Waals surface area (Å²) >= 11 is 0. The van der Waals surface area contributed by atoms with Gasteiger partial charge in [-0.15, -0.1) is 0 Å². The van der Waals surface area contributed by atoms with Gasteiger partial charge in [-0.2, -0.15) is 0 Å². The molecule has 1 fully saturated rings. The van der Waals surface area contributed by atoms with E-state index in [-0.39, 0.29) is 23.1 Å². The summed E-state index contributed by atoms with van der Waals surface area (Å²) in [5.41, 5.74) is 2.87. The second kappa shape index (κ2) is 7.37. The molecule has 2 rings (SSSR count). The molecule has 1 aromatic carbocycles. The van der Waals surface area contributed by atoms with Gasteiger partial charge >= 0.3 is 0 Å². The highest BCUT2D eigenvalue weighted by Crippen LogP contribution is 2.26. The van der Waals surface area contributed by atoms with Crippen LogP contribution in [-0.4, -0.2) is 29.8 Å². The minimum Gasteiger partial charge on any atom is -0.342 e. The van der Waals surface area contributed by atoms with Gasteiger partial charge in [-0.3, -0.25) is 9.59 Å². The maximum atomic E-state index is 12.6. The fourth-order valence-electron chi connectivity index (χ4n) is 3.25. The Kier molecular flexibility index (Phi) is 5.68. The number of aryl methyl sites for hydroxylation is 2. The highest BCUT2D eigenvalue weighted by atomic mass is 16.2. The summed E-state index contributed by atoms with van der Waals surface area (Å²) in [4.78, 5) is 26.9. The van der Waals surface area contributed by atoms with E-state index < -0.39 is 0 Å². The number of carbonyl (C=O) groups excluding carboxylic acids is 2. The number of rotatable bonds is 3. The lowest BCUT2D eigenvalue weighted by molar-refractivity contribution is -0.142. The van der Waals surface area contributed by atoms with Crippen molar-refractivity contribution in [1.82, 2.24) is 4.90 Å². The molecule has 4 nitrogen and oxygen atoms in total. The van der Waals surface area contributed by atoms with E-state index in [0.717, 1.165) is 30.5 Å². The van der Waals surface area contributed by atoms with E-state index in [4.69, 9.17) is 0 Å². The number of nitrogens with zero attached hydrogens (tertiary/aromatic N) is 1. The molecule has 4 heteroatoms. The first-order valence-electron chi connectivity index (χ1n) is 8.92. The first-order chi connectivity index (χ1) is 11.2. The Morgan fingerprint density at radius 2 is 1.83 bits per heavy atom. The summed E-state index contributed by atoms with van der Waals surface area (Å²) in [6.45, 7) is 11.3. The molecule has 2 amide bonds. The maximum absolute atomic E-state index is 12.6. The monoisotopic (exact) mass is 330 g/mol. The number of para-hydroxylation sites is 1. The molecule has 0 bridgehead atoms. The molecule has 24 heavy (non-hydrogen) atoms. The molecule has 0 saturated carbocycles. The largest absolute Gasteiger partial charge is 0.342 e. The van der Waals surface area contributed by atoms with Gasteiger partial charge in [-0.25, -0.2) is 0 Å². The smallest absolute Gasteiger partial charge is 0.227 e. The molecule has 1 saturated heterocycles. The molecule has 0 atom stereocenters. The molecular weight excluding hydrogens is 300 g/mol. The van der Waals surface area contributed by atoms with Gasteiger partial charge < -0.3 is 10.2 Å². The number of benzene rings is 1. The quantitative estimate of drug-likeness (QED) is 0.917. The van der Waals surface area contributed by atoms with E-state index in [1.807, 2.05) is 44.7 Å². The Morgan fingerprint density at radius 1 is 1.21 bits per heavy atom. The van der Waals surface area contributed by atoms with Crippen LogP contribution in [0.2, 0.25) is 0 Å². The van der Waals surface area contributed by atoms with Crippen LogP contribution in [0.4, 0.5) is 5.69 Å². The average Bonchev–Trinajstić information content (AvgIpc) is 2.55. The van der Waals surface area contributed by atoms with Gasteiger partial charge in [0.05, 0.1) is 0 Å². The van der Waals surface area contributed by atoms with E-state index in [9.17, 15) is 9.59 Å². The van der Waals surface area contributed by atoms with E-state index in [0.29, 0.717) is 13.1 Å². The zero-order valence-electron chi connectivity index (χ0n) is 15.6. The third kappa shape index (κ3) is 4.16. The van der Waals surface area contributed by atoms with E-state index >= 15 is 0 Å². The maximum Gasteiger partial charge on any atom is 0.227 e. The Labute approximate surface area is 145 Å². The van der Waals surface area contributed by atoms with Crippen LogP contribution in [0, 0.1) is 18.3 Å². The first-order valence-corrected chi connectivity index (χ1v) is 8.92. The van der Waals surface area contributed by atoms with Crippen molar-refractivity contribution in [2.45, 2.75) is 53.9 Å². The number of amides is 2. The first kappa shape index (κ1) is 18.5. The van der Waals surface area contributed by atoms with E-state index in [1.165, 1.54) is 5.56 Å². The number of nitrogens with one attached hydrogen (secondary N) is 1. The summed E-state index contributed by atoms with van der Waals surface area (Å²) in [6.07, 6.45) is 2.37. The van der Waals surface area contributed by atoms with Crippen LogP contribution < -0.4 is 5.32 Å². The average molecular weight is 330 g/mol. The van der Waals surface area contributed by atoms with Crippen LogP contribution in [0.15, 0.2) is 18.2 Å². The minimum absolute atomic E-state index is 0.0154. The van der Waals surface area contributed by atoms with Crippen molar-refractivity contribution in [1.29, 1.82) is 0 Å². The zero-order valence-corrected chi connectivity index (χ0v) is 15.6. The Balaban J connectivity index is 1.98. The second-order valence-electron chi connectivity index (χ2n) is 7.77. The highest BCUT2D eigenvalue weighted by molar-refractivity contribution is 5.94. The van der Waals surface area contributed by atoms with Crippen molar-refractivity contribution in [2.75, 3.05) is 18.4 Å². The molecule has 0 aromatic heterocycles. The number of anilines is 1. The molecule has 0 aliphatic carbocycles. The van der Waals surface area contributed by atoms with Crippen molar-refractivity contribution < 1.29 is 9.59 Å². The Morgan fingerprint density at radius 3 is 2.38 bits per heavy atom. The fraction of sp³-hybridized carbons (Fsp3) is 0.600. The molecule has 1 aliphatic rings. The number of likely N-dealkylation sites (tertiary alicyclic amines) is 1. The van der Waals surface area contributed by atoms with Gasteiger partial charge in [-0.05, 0) is 37.3 Å². The van der Waals surface area contributed by atoms with E-state index in [1.54, 1.807) is 0 Å². The van der Waals surface area contributed by atoms with Crippen molar-refractivity contribution in [3.63, 3.8) is 0 Å². The van der Waals surface area contributed by atoms with Crippen LogP contribution >= 0.6 is 0 Å². The standard InChI is InChI=1S/C20H30N2O2/c1-6-15-9-7-8-14(2)17(15)21-18(23)16-10-12-22(13-11-16)19(24)20(3,4)5/h7-9,16H,6,10-13H2,1-5H3,(H,21,23). The van der Waals surface area contributed by atoms with Gasteiger partial charge in [0.25, 0.3) is 0 Å². The number of piperidine rings is 1. The zero-order chi connectivity index (χ0) is 17.9. The van der Waals surface area contributed by atoms with Gasteiger partial charge in [0, 0.05) is 30.1 Å². The van der Waals surface area contributed by atoms with Crippen LogP contribution in [0.1, 0.15) is 51.7 Å². The summed E-state index contributed by atoms with van der Waals surface area (Å²) < 4.78 is 0. The third-order valence-corrected chi connectivity index (χ3v) is 4.78. The Bertz CT molecular complexity index is 609. The predicted molar refractivity (Wildman–Crippen MR) is 97.9 cm³/mol. The van der Waals surface area contributed by atoms with Crippen molar-refractivity contribution >= 4 is 17.5 Å². The molecule has 1 N–H and O–H groups in total. The summed E-state index contributed by atoms with van der Waals surface area (Å²) in [5, 5.41) is 3.13. The van der Waals surface area contributed by atoms with E-state index in [2.05, 4.69) is 18.3 Å². The topological polar surface area (TPSA) is 49.4 Å². The lowest BCUT2D eigenvalue weighted by atomic mass is 9.90. The van der Waals surface area contributed by atoms with Gasteiger partial charge in [0.2, 0.25) is 11.8 Å². The molecule has 1 aliphatic heterocycles. The number of carbonyl (C=O) groups is 2. The van der Waals surface area contributed by atoms with Crippen molar-refractivity contribution in [2.24, 2.45) is 11.3 Å². The van der Waals surface area contributed by atoms with Crippen molar-refractivity contribution in [3.05, 3.63) is 29.3 Å². The summed E-state index contributed by atoms with van der Waals surface area (Å²) in [7, 11) is 0. The summed E-state index contributed by atoms with van der Waals surface area (Å²) in [6, 6.07) is 6.12. The fourth-order valence-corrected chi connectivity index (χ4v) is 3.25. The Hall–Kier alpha value is -1.84. The predicted octanol–water partition coefficient (Wildman–Crippen LogP) is 3.78. The lowest BCUT2D eigenvalue weighted by Crippen LogP contribution is -2.45. The van der Waals surface area contributed by atoms with Crippen molar-refractivity contribution in [3.8, 4) is 0 Å². The molecule has 0 radical (unpaired) electrons. The van der Waals surface area contributed by atoms with Gasteiger partial charge in [-0.1, -0.05) is 45.9 Å². The van der Waals surface area contributed by atoms with Crippen LogP contribution in [0.5, 0.6) is 0 Å². The minimum atomic E-state index is -0.355. The van der Waals surface area contributed by atoms with Crippen LogP contribution in [-0.2, 0) is 16.0 Å². The lowest BCUT2D eigenvalue weighted by Gasteiger charge is -2.35. The second-order valence-corrected chi connectivity index (χ2v) is 7.77. The molecular formula is C20H30N2O2. The number of hydrogen-bond acceptors (Lipinski definition) is 2. The molecule has 0 unspecified atom stereocenters. The van der Waals surface area contributed by atoms with Gasteiger partial charge in [0.15, 0.2) is 0 Å². The van der Waals surface area contributed by atoms with Crippen LogP contribution in [0.3, 0.4) is 0 Å². The highest BCUT2D eigenvalue weighted by Gasteiger charge is 2.32. The normalized spacial score (nSPS) is 16.1. The SMILES string of the molecule is CCc1cccc(C)c1NC(=O)C1CCN(C(=O)C(C)(C)C)CC1. The van der Waals surface area contributed by atoms with Gasteiger partial charge in [0.1, 0.15) is 0 Å². The summed E-state index contributed by atoms with van der Waals surface area (Å²) in [5.74, 6) is 0.244. The molecule has 1 aromatic rings. The third-order valence-electron chi connectivity index (χ3n) is 4.78.